The van der Waals surface area contributed by atoms with Gasteiger partial charge in [0.1, 0.15) is 0 Å². The van der Waals surface area contributed by atoms with Crippen molar-refractivity contribution in [2.45, 2.75) is 9.79 Å². The summed E-state index contributed by atoms with van der Waals surface area (Å²) in [5.74, 6) is 0. The SMILES string of the molecule is O=S(=O)(NS(=O)(=O)c1ccc2cc(Br)ccc2c1)c1ccc2ccccc2c1. The Hall–Kier alpha value is -2.26. The Bertz CT molecular complexity index is 1430. The third-order valence-corrected chi connectivity index (χ3v) is 8.33. The van der Waals surface area contributed by atoms with Crippen LogP contribution in [0.5, 0.6) is 0 Å². The van der Waals surface area contributed by atoms with Crippen molar-refractivity contribution in [2.24, 2.45) is 0 Å². The van der Waals surface area contributed by atoms with Crippen molar-refractivity contribution in [3.05, 3.63) is 83.3 Å². The Morgan fingerprint density at radius 3 is 1.68 bits per heavy atom. The number of sulfonamides is 2. The van der Waals surface area contributed by atoms with Gasteiger partial charge in [0, 0.05) is 4.47 Å². The molecule has 0 aromatic heterocycles. The van der Waals surface area contributed by atoms with Crippen molar-refractivity contribution in [3.63, 3.8) is 0 Å². The largest absolute Gasteiger partial charge is 0.253 e. The van der Waals surface area contributed by atoms with Crippen LogP contribution < -0.4 is 4.13 Å². The van der Waals surface area contributed by atoms with Gasteiger partial charge < -0.3 is 0 Å². The number of rotatable bonds is 4. The summed E-state index contributed by atoms with van der Waals surface area (Å²) >= 11 is 3.36. The van der Waals surface area contributed by atoms with E-state index < -0.39 is 20.0 Å². The molecule has 0 atom stereocenters. The molecule has 0 saturated heterocycles. The van der Waals surface area contributed by atoms with E-state index in [1.54, 1.807) is 36.4 Å². The number of benzene rings is 4. The minimum Gasteiger partial charge on any atom is -0.206 e. The highest BCUT2D eigenvalue weighted by Gasteiger charge is 2.25. The Balaban J connectivity index is 1.72. The lowest BCUT2D eigenvalue weighted by atomic mass is 10.1. The first-order chi connectivity index (χ1) is 13.2. The molecule has 8 heteroatoms. The van der Waals surface area contributed by atoms with Crippen LogP contribution in [0.25, 0.3) is 21.5 Å². The van der Waals surface area contributed by atoms with Crippen LogP contribution in [0, 0.1) is 0 Å². The summed E-state index contributed by atoms with van der Waals surface area (Å²) in [5.41, 5.74) is 0. The molecule has 4 rings (SSSR count). The zero-order valence-electron chi connectivity index (χ0n) is 14.3. The third-order valence-electron chi connectivity index (χ3n) is 4.33. The van der Waals surface area contributed by atoms with Gasteiger partial charge in [-0.05, 0) is 57.9 Å². The van der Waals surface area contributed by atoms with Crippen molar-refractivity contribution < 1.29 is 16.8 Å². The van der Waals surface area contributed by atoms with Crippen LogP contribution >= 0.6 is 15.9 Å². The molecule has 0 unspecified atom stereocenters. The predicted molar refractivity (Wildman–Crippen MR) is 113 cm³/mol. The topological polar surface area (TPSA) is 80.3 Å². The van der Waals surface area contributed by atoms with E-state index in [9.17, 15) is 16.8 Å². The van der Waals surface area contributed by atoms with E-state index in [1.807, 2.05) is 22.3 Å². The Labute approximate surface area is 171 Å². The normalized spacial score (nSPS) is 12.5. The molecule has 0 aliphatic carbocycles. The number of fused-ring (bicyclic) bond motifs is 2. The summed E-state index contributed by atoms with van der Waals surface area (Å²) in [6.45, 7) is 0. The van der Waals surface area contributed by atoms with Crippen LogP contribution in [0.15, 0.2) is 93.1 Å². The smallest absolute Gasteiger partial charge is 0.206 e. The maximum absolute atomic E-state index is 12.7. The minimum atomic E-state index is -4.27. The zero-order valence-corrected chi connectivity index (χ0v) is 17.6. The molecular formula is C20H14BrNO4S2. The van der Waals surface area contributed by atoms with Gasteiger partial charge in [-0.25, -0.2) is 16.8 Å². The van der Waals surface area contributed by atoms with Gasteiger partial charge in [-0.15, -0.1) is 4.13 Å². The van der Waals surface area contributed by atoms with Gasteiger partial charge >= 0.3 is 0 Å². The molecule has 0 fully saturated rings. The lowest BCUT2D eigenvalue weighted by Crippen LogP contribution is -2.30. The molecule has 0 aliphatic heterocycles. The summed E-state index contributed by atoms with van der Waals surface area (Å²) in [6, 6.07) is 21.6. The van der Waals surface area contributed by atoms with Gasteiger partial charge in [-0.3, -0.25) is 0 Å². The molecular weight excluding hydrogens is 462 g/mol. The van der Waals surface area contributed by atoms with Gasteiger partial charge in [0.2, 0.25) is 0 Å². The molecule has 4 aromatic rings. The summed E-state index contributed by atoms with van der Waals surface area (Å²) in [6.07, 6.45) is 0. The van der Waals surface area contributed by atoms with E-state index in [0.717, 1.165) is 15.2 Å². The number of hydrogen-bond acceptors (Lipinski definition) is 4. The lowest BCUT2D eigenvalue weighted by Gasteiger charge is -2.10. The van der Waals surface area contributed by atoms with E-state index in [2.05, 4.69) is 15.9 Å². The van der Waals surface area contributed by atoms with Crippen LogP contribution in [0.1, 0.15) is 0 Å². The van der Waals surface area contributed by atoms with Gasteiger partial charge in [-0.1, -0.05) is 58.4 Å². The molecule has 0 saturated carbocycles. The maximum atomic E-state index is 12.7. The van der Waals surface area contributed by atoms with Crippen molar-refractivity contribution in [1.29, 1.82) is 0 Å². The fraction of sp³-hybridized carbons (Fsp3) is 0. The second kappa shape index (κ2) is 6.97. The Morgan fingerprint density at radius 2 is 1.04 bits per heavy atom. The molecule has 0 amide bonds. The van der Waals surface area contributed by atoms with Crippen LogP contribution in [0.4, 0.5) is 0 Å². The monoisotopic (exact) mass is 475 g/mol. The third kappa shape index (κ3) is 3.68. The van der Waals surface area contributed by atoms with Gasteiger partial charge in [0.15, 0.2) is 0 Å². The van der Waals surface area contributed by atoms with E-state index in [4.69, 9.17) is 0 Å². The molecule has 0 radical (unpaired) electrons. The van der Waals surface area contributed by atoms with Gasteiger partial charge in [0.25, 0.3) is 20.0 Å². The maximum Gasteiger partial charge on any atom is 0.253 e. The quantitative estimate of drug-likeness (QED) is 0.473. The van der Waals surface area contributed by atoms with Crippen LogP contribution in [-0.2, 0) is 20.0 Å². The molecule has 28 heavy (non-hydrogen) atoms. The second-order valence-corrected chi connectivity index (χ2v) is 10.8. The van der Waals surface area contributed by atoms with Gasteiger partial charge in [0.05, 0.1) is 9.79 Å². The summed E-state index contributed by atoms with van der Waals surface area (Å²) in [5, 5.41) is 3.10. The molecule has 0 aliphatic rings. The van der Waals surface area contributed by atoms with E-state index in [0.29, 0.717) is 10.8 Å². The molecule has 142 valence electrons. The summed E-state index contributed by atoms with van der Waals surface area (Å²) < 4.78 is 53.5. The van der Waals surface area contributed by atoms with Crippen LogP contribution in [-0.4, -0.2) is 16.8 Å². The number of hydrogen-bond donors (Lipinski definition) is 1. The fourth-order valence-electron chi connectivity index (χ4n) is 2.94. The zero-order chi connectivity index (χ0) is 19.9. The van der Waals surface area contributed by atoms with Crippen LogP contribution in [0.3, 0.4) is 0 Å². The molecule has 5 nitrogen and oxygen atoms in total. The fourth-order valence-corrected chi connectivity index (χ4v) is 6.30. The first kappa shape index (κ1) is 19.1. The van der Waals surface area contributed by atoms with E-state index >= 15 is 0 Å². The first-order valence-corrected chi connectivity index (χ1v) is 12.0. The first-order valence-electron chi connectivity index (χ1n) is 8.21. The highest BCUT2D eigenvalue weighted by atomic mass is 79.9. The molecule has 0 heterocycles. The van der Waals surface area contributed by atoms with E-state index in [-0.39, 0.29) is 9.79 Å². The average molecular weight is 476 g/mol. The van der Waals surface area contributed by atoms with Crippen molar-refractivity contribution in [2.75, 3.05) is 0 Å². The molecule has 0 bridgehead atoms. The summed E-state index contributed by atoms with van der Waals surface area (Å²) in [4.78, 5) is -0.230. The van der Waals surface area contributed by atoms with Gasteiger partial charge in [-0.2, -0.15) is 0 Å². The van der Waals surface area contributed by atoms with Crippen molar-refractivity contribution in [3.8, 4) is 0 Å². The highest BCUT2D eigenvalue weighted by molar-refractivity contribution is 9.10. The average Bonchev–Trinajstić information content (AvgIpc) is 2.66. The minimum absolute atomic E-state index is 0.112. The standard InChI is InChI=1S/C20H14BrNO4S2/c21-18-8-5-17-13-20(10-7-16(17)11-18)28(25,26)22-27(23,24)19-9-6-14-3-1-2-4-15(14)12-19/h1-13,22H. The van der Waals surface area contributed by atoms with Crippen molar-refractivity contribution in [1.82, 2.24) is 4.13 Å². The second-order valence-electron chi connectivity index (χ2n) is 6.25. The predicted octanol–water partition coefficient (Wildman–Crippen LogP) is 4.42. The van der Waals surface area contributed by atoms with Crippen LogP contribution in [0.2, 0.25) is 0 Å². The molecule has 1 N–H and O–H groups in total. The lowest BCUT2D eigenvalue weighted by molar-refractivity contribution is 0.577. The molecule has 0 spiro atoms. The summed E-state index contributed by atoms with van der Waals surface area (Å²) in [7, 11) is -8.53. The highest BCUT2D eigenvalue weighted by Crippen LogP contribution is 2.24. The number of nitrogens with one attached hydrogen (secondary N) is 1. The van der Waals surface area contributed by atoms with E-state index in [1.165, 1.54) is 24.3 Å². The molecule has 4 aromatic carbocycles. The Kier molecular flexibility index (Phi) is 4.75. The Morgan fingerprint density at radius 1 is 0.571 bits per heavy atom. The van der Waals surface area contributed by atoms with Crippen molar-refractivity contribution >= 4 is 57.5 Å². The number of halogens is 1.